The van der Waals surface area contributed by atoms with Crippen LogP contribution < -0.4 is 0 Å². The number of nitrogens with zero attached hydrogens (tertiary/aromatic N) is 1. The summed E-state index contributed by atoms with van der Waals surface area (Å²) in [4.78, 5) is 7.95. The summed E-state index contributed by atoms with van der Waals surface area (Å²) in [6, 6.07) is 4.26. The molecular formula is C13H16N2O2. The Labute approximate surface area is 100.0 Å². The van der Waals surface area contributed by atoms with E-state index in [0.717, 1.165) is 16.9 Å². The van der Waals surface area contributed by atoms with Gasteiger partial charge in [0.1, 0.15) is 11.9 Å². The Morgan fingerprint density at radius 2 is 2.18 bits per heavy atom. The molecule has 0 bridgehead atoms. The lowest BCUT2D eigenvalue weighted by Crippen LogP contribution is -2.22. The van der Waals surface area contributed by atoms with Crippen molar-refractivity contribution in [1.29, 1.82) is 0 Å². The van der Waals surface area contributed by atoms with Gasteiger partial charge in [-0.3, -0.25) is 0 Å². The molecule has 17 heavy (non-hydrogen) atoms. The molecule has 0 amide bonds. The topological polar surface area (TPSA) is 47.1 Å². The third-order valence-electron chi connectivity index (χ3n) is 3.06. The van der Waals surface area contributed by atoms with Crippen molar-refractivity contribution in [2.75, 3.05) is 19.8 Å². The van der Waals surface area contributed by atoms with Gasteiger partial charge in [-0.25, -0.2) is 4.98 Å². The van der Waals surface area contributed by atoms with Gasteiger partial charge in [-0.15, -0.1) is 0 Å². The largest absolute Gasteiger partial charge is 0.376 e. The van der Waals surface area contributed by atoms with Crippen LogP contribution in [0.1, 0.15) is 23.1 Å². The molecular weight excluding hydrogens is 216 g/mol. The van der Waals surface area contributed by atoms with Crippen molar-refractivity contribution in [1.82, 2.24) is 9.97 Å². The highest BCUT2D eigenvalue weighted by Gasteiger charge is 2.20. The fourth-order valence-corrected chi connectivity index (χ4v) is 2.29. The van der Waals surface area contributed by atoms with Crippen molar-refractivity contribution < 1.29 is 9.47 Å². The fraction of sp³-hybridized carbons (Fsp3) is 0.462. The van der Waals surface area contributed by atoms with Crippen molar-refractivity contribution in [2.24, 2.45) is 0 Å². The van der Waals surface area contributed by atoms with Crippen LogP contribution >= 0.6 is 0 Å². The molecule has 0 spiro atoms. The highest BCUT2D eigenvalue weighted by Crippen LogP contribution is 2.24. The van der Waals surface area contributed by atoms with Gasteiger partial charge in [0.2, 0.25) is 0 Å². The molecule has 4 heteroatoms. The number of fused-ring (bicyclic) bond motifs is 1. The van der Waals surface area contributed by atoms with E-state index in [4.69, 9.17) is 9.47 Å². The van der Waals surface area contributed by atoms with Crippen LogP contribution in [0, 0.1) is 13.8 Å². The number of benzene rings is 1. The maximum Gasteiger partial charge on any atom is 0.138 e. The number of hydrogen-bond donors (Lipinski definition) is 1. The lowest BCUT2D eigenvalue weighted by Gasteiger charge is -2.20. The first kappa shape index (κ1) is 10.7. The van der Waals surface area contributed by atoms with Crippen molar-refractivity contribution in [3.8, 4) is 0 Å². The van der Waals surface area contributed by atoms with E-state index in [-0.39, 0.29) is 6.10 Å². The molecule has 1 aliphatic heterocycles. The number of rotatable bonds is 1. The molecule has 2 aromatic rings. The molecule has 90 valence electrons. The first-order valence-electron chi connectivity index (χ1n) is 5.90. The first-order valence-corrected chi connectivity index (χ1v) is 5.90. The molecule has 0 aliphatic carbocycles. The molecule has 1 aromatic carbocycles. The molecule has 1 unspecified atom stereocenters. The Kier molecular flexibility index (Phi) is 2.61. The average molecular weight is 232 g/mol. The van der Waals surface area contributed by atoms with Crippen molar-refractivity contribution in [3.05, 3.63) is 29.1 Å². The molecule has 0 radical (unpaired) electrons. The maximum absolute atomic E-state index is 5.64. The molecule has 0 saturated carbocycles. The quantitative estimate of drug-likeness (QED) is 0.820. The SMILES string of the molecule is Cc1cc(C)c2nc(C3COCCO3)[nH]c2c1. The van der Waals surface area contributed by atoms with Gasteiger partial charge >= 0.3 is 0 Å². The second-order valence-electron chi connectivity index (χ2n) is 4.53. The van der Waals surface area contributed by atoms with Gasteiger partial charge in [-0.05, 0) is 31.0 Å². The second-order valence-corrected chi connectivity index (χ2v) is 4.53. The van der Waals surface area contributed by atoms with Gasteiger partial charge in [-0.2, -0.15) is 0 Å². The molecule has 1 aliphatic rings. The minimum atomic E-state index is -0.0594. The van der Waals surface area contributed by atoms with Crippen molar-refractivity contribution >= 4 is 11.0 Å². The Morgan fingerprint density at radius 3 is 2.94 bits per heavy atom. The Bertz CT molecular complexity index is 542. The predicted octanol–water partition coefficient (Wildman–Crippen LogP) is 2.27. The average Bonchev–Trinajstić information content (AvgIpc) is 2.74. The van der Waals surface area contributed by atoms with E-state index >= 15 is 0 Å². The number of aryl methyl sites for hydroxylation is 2. The standard InChI is InChI=1S/C13H16N2O2/c1-8-5-9(2)12-10(6-8)14-13(15-12)11-7-16-3-4-17-11/h5-6,11H,3-4,7H2,1-2H3,(H,14,15). The molecule has 1 fully saturated rings. The summed E-state index contributed by atoms with van der Waals surface area (Å²) in [7, 11) is 0. The third kappa shape index (κ3) is 1.94. The number of aromatic nitrogens is 2. The Balaban J connectivity index is 2.03. The molecule has 4 nitrogen and oxygen atoms in total. The van der Waals surface area contributed by atoms with Gasteiger partial charge in [0.05, 0.1) is 30.9 Å². The van der Waals surface area contributed by atoms with Gasteiger partial charge in [0, 0.05) is 0 Å². The summed E-state index contributed by atoms with van der Waals surface area (Å²) in [5, 5.41) is 0. The van der Waals surface area contributed by atoms with Gasteiger partial charge in [0.25, 0.3) is 0 Å². The smallest absolute Gasteiger partial charge is 0.138 e. The van der Waals surface area contributed by atoms with E-state index in [2.05, 4.69) is 35.9 Å². The highest BCUT2D eigenvalue weighted by atomic mass is 16.6. The van der Waals surface area contributed by atoms with E-state index in [1.165, 1.54) is 11.1 Å². The number of H-pyrrole nitrogens is 1. The van der Waals surface area contributed by atoms with E-state index in [0.29, 0.717) is 19.8 Å². The Hall–Kier alpha value is -1.39. The maximum atomic E-state index is 5.64. The monoisotopic (exact) mass is 232 g/mol. The second kappa shape index (κ2) is 4.13. The molecule has 1 saturated heterocycles. The normalized spacial score (nSPS) is 20.9. The zero-order valence-corrected chi connectivity index (χ0v) is 10.1. The van der Waals surface area contributed by atoms with Crippen LogP contribution in [0.4, 0.5) is 0 Å². The van der Waals surface area contributed by atoms with Crippen LogP contribution in [-0.2, 0) is 9.47 Å². The van der Waals surface area contributed by atoms with Gasteiger partial charge in [0.15, 0.2) is 0 Å². The summed E-state index contributed by atoms with van der Waals surface area (Å²) in [5.74, 6) is 0.869. The number of imidazole rings is 1. The van der Waals surface area contributed by atoms with E-state index < -0.39 is 0 Å². The highest BCUT2D eigenvalue weighted by molar-refractivity contribution is 5.79. The van der Waals surface area contributed by atoms with Crippen LogP contribution in [0.15, 0.2) is 12.1 Å². The van der Waals surface area contributed by atoms with Crippen LogP contribution in [0.2, 0.25) is 0 Å². The molecule has 2 heterocycles. The first-order chi connectivity index (χ1) is 8.24. The molecule has 1 atom stereocenters. The minimum absolute atomic E-state index is 0.0594. The van der Waals surface area contributed by atoms with Crippen molar-refractivity contribution in [2.45, 2.75) is 20.0 Å². The minimum Gasteiger partial charge on any atom is -0.376 e. The summed E-state index contributed by atoms with van der Waals surface area (Å²) in [5.41, 5.74) is 4.54. The van der Waals surface area contributed by atoms with E-state index in [9.17, 15) is 0 Å². The van der Waals surface area contributed by atoms with Crippen LogP contribution in [-0.4, -0.2) is 29.8 Å². The summed E-state index contributed by atoms with van der Waals surface area (Å²) < 4.78 is 11.0. The van der Waals surface area contributed by atoms with E-state index in [1.54, 1.807) is 0 Å². The Morgan fingerprint density at radius 1 is 1.29 bits per heavy atom. The summed E-state index contributed by atoms with van der Waals surface area (Å²) in [6.07, 6.45) is -0.0594. The number of nitrogens with one attached hydrogen (secondary N) is 1. The van der Waals surface area contributed by atoms with Gasteiger partial charge in [-0.1, -0.05) is 6.07 Å². The molecule has 1 aromatic heterocycles. The lowest BCUT2D eigenvalue weighted by atomic mass is 10.1. The number of ether oxygens (including phenoxy) is 2. The number of aromatic amines is 1. The predicted molar refractivity (Wildman–Crippen MR) is 65.1 cm³/mol. The van der Waals surface area contributed by atoms with Crippen LogP contribution in [0.3, 0.4) is 0 Å². The zero-order valence-electron chi connectivity index (χ0n) is 10.1. The van der Waals surface area contributed by atoms with Crippen molar-refractivity contribution in [3.63, 3.8) is 0 Å². The fourth-order valence-electron chi connectivity index (χ4n) is 2.29. The zero-order chi connectivity index (χ0) is 11.8. The molecule has 3 rings (SSSR count). The number of hydrogen-bond acceptors (Lipinski definition) is 3. The van der Waals surface area contributed by atoms with Gasteiger partial charge < -0.3 is 14.5 Å². The van der Waals surface area contributed by atoms with Crippen LogP contribution in [0.5, 0.6) is 0 Å². The summed E-state index contributed by atoms with van der Waals surface area (Å²) >= 11 is 0. The molecule has 1 N–H and O–H groups in total. The van der Waals surface area contributed by atoms with E-state index in [1.807, 2.05) is 0 Å². The summed E-state index contributed by atoms with van der Waals surface area (Å²) in [6.45, 7) is 6.07. The lowest BCUT2D eigenvalue weighted by molar-refractivity contribution is -0.0931. The third-order valence-corrected chi connectivity index (χ3v) is 3.06. The van der Waals surface area contributed by atoms with Crippen LogP contribution in [0.25, 0.3) is 11.0 Å².